The van der Waals surface area contributed by atoms with Gasteiger partial charge in [-0.3, -0.25) is 0 Å². The van der Waals surface area contributed by atoms with E-state index < -0.39 is 0 Å². The topological polar surface area (TPSA) is 12.0 Å². The lowest BCUT2D eigenvalue weighted by molar-refractivity contribution is 0.341. The lowest BCUT2D eigenvalue weighted by Gasteiger charge is -2.29. The maximum absolute atomic E-state index is 6.14. The minimum atomic E-state index is 0.492. The Morgan fingerprint density at radius 2 is 2.13 bits per heavy atom. The van der Waals surface area contributed by atoms with Crippen LogP contribution in [0.25, 0.3) is 0 Å². The summed E-state index contributed by atoms with van der Waals surface area (Å²) in [5.41, 5.74) is 2.49. The molecule has 1 aromatic rings. The van der Waals surface area contributed by atoms with Crippen LogP contribution in [0.5, 0.6) is 0 Å². The second kappa shape index (κ2) is 4.54. The molecule has 0 aliphatic carbocycles. The number of benzene rings is 1. The van der Waals surface area contributed by atoms with Crippen molar-refractivity contribution in [1.29, 1.82) is 0 Å². The number of halogens is 1. The van der Waals surface area contributed by atoms with Crippen molar-refractivity contribution < 1.29 is 0 Å². The Morgan fingerprint density at radius 1 is 1.33 bits per heavy atom. The monoisotopic (exact) mass is 223 g/mol. The van der Waals surface area contributed by atoms with Gasteiger partial charge in [0, 0.05) is 17.1 Å². The van der Waals surface area contributed by atoms with E-state index in [1.165, 1.54) is 24.8 Å². The molecule has 0 aromatic heterocycles. The fourth-order valence-electron chi connectivity index (χ4n) is 2.23. The van der Waals surface area contributed by atoms with Gasteiger partial charge in [0.2, 0.25) is 0 Å². The van der Waals surface area contributed by atoms with E-state index in [-0.39, 0.29) is 0 Å². The van der Waals surface area contributed by atoms with E-state index in [2.05, 4.69) is 30.4 Å². The summed E-state index contributed by atoms with van der Waals surface area (Å²) in [6, 6.07) is 7.53. The molecule has 82 valence electrons. The lowest BCUT2D eigenvalue weighted by Crippen LogP contribution is -2.34. The third kappa shape index (κ3) is 2.53. The Kier molecular flexibility index (Phi) is 3.32. The third-order valence-electron chi connectivity index (χ3n) is 3.21. The molecule has 1 aliphatic rings. The van der Waals surface area contributed by atoms with Crippen LogP contribution in [-0.4, -0.2) is 6.04 Å². The van der Waals surface area contributed by atoms with Gasteiger partial charge in [0.15, 0.2) is 0 Å². The number of nitrogens with one attached hydrogen (secondary N) is 1. The van der Waals surface area contributed by atoms with Crippen molar-refractivity contribution >= 4 is 11.6 Å². The predicted octanol–water partition coefficient (Wildman–Crippen LogP) is 3.85. The molecule has 2 rings (SSSR count). The molecule has 2 unspecified atom stereocenters. The molecule has 0 bridgehead atoms. The highest BCUT2D eigenvalue weighted by Crippen LogP contribution is 2.28. The molecule has 1 saturated heterocycles. The molecule has 0 spiro atoms. The molecule has 1 N–H and O–H groups in total. The van der Waals surface area contributed by atoms with Crippen LogP contribution in [0, 0.1) is 6.92 Å². The zero-order valence-corrected chi connectivity index (χ0v) is 10.1. The van der Waals surface area contributed by atoms with Gasteiger partial charge in [0.05, 0.1) is 0 Å². The molecule has 2 atom stereocenters. The summed E-state index contributed by atoms with van der Waals surface area (Å²) in [6.45, 7) is 4.30. The van der Waals surface area contributed by atoms with E-state index in [1.807, 2.05) is 6.92 Å². The predicted molar refractivity (Wildman–Crippen MR) is 65.4 cm³/mol. The fraction of sp³-hybridized carbons (Fsp3) is 0.538. The van der Waals surface area contributed by atoms with Gasteiger partial charge in [0.25, 0.3) is 0 Å². The summed E-state index contributed by atoms with van der Waals surface area (Å²) < 4.78 is 0. The number of hydrogen-bond donors (Lipinski definition) is 1. The van der Waals surface area contributed by atoms with Crippen molar-refractivity contribution in [3.05, 3.63) is 34.3 Å². The van der Waals surface area contributed by atoms with Crippen molar-refractivity contribution in [2.45, 2.75) is 45.2 Å². The summed E-state index contributed by atoms with van der Waals surface area (Å²) in [4.78, 5) is 0. The Hall–Kier alpha value is -0.530. The van der Waals surface area contributed by atoms with Crippen molar-refractivity contribution in [2.24, 2.45) is 0 Å². The second-order valence-electron chi connectivity index (χ2n) is 4.56. The molecule has 0 saturated carbocycles. The summed E-state index contributed by atoms with van der Waals surface area (Å²) in [6.07, 6.45) is 3.82. The minimum absolute atomic E-state index is 0.492. The first kappa shape index (κ1) is 11.0. The Labute approximate surface area is 96.8 Å². The fourth-order valence-corrected chi connectivity index (χ4v) is 2.42. The van der Waals surface area contributed by atoms with Crippen LogP contribution in [0.1, 0.15) is 43.4 Å². The number of hydrogen-bond acceptors (Lipinski definition) is 1. The average molecular weight is 224 g/mol. The van der Waals surface area contributed by atoms with Gasteiger partial charge in [-0.2, -0.15) is 0 Å². The first-order chi connectivity index (χ1) is 7.16. The molecule has 2 heteroatoms. The molecular weight excluding hydrogens is 206 g/mol. The Balaban J connectivity index is 2.18. The van der Waals surface area contributed by atoms with Crippen LogP contribution < -0.4 is 5.32 Å². The highest BCUT2D eigenvalue weighted by Gasteiger charge is 2.19. The largest absolute Gasteiger partial charge is 0.307 e. The third-order valence-corrected chi connectivity index (χ3v) is 3.62. The van der Waals surface area contributed by atoms with Crippen LogP contribution in [0.3, 0.4) is 0 Å². The van der Waals surface area contributed by atoms with E-state index in [0.29, 0.717) is 12.1 Å². The van der Waals surface area contributed by atoms with Crippen molar-refractivity contribution in [3.63, 3.8) is 0 Å². The molecule has 1 fully saturated rings. The SMILES string of the molecule is Cc1ccc(C2CCCC(C)N2)cc1Cl. The van der Waals surface area contributed by atoms with Crippen molar-refractivity contribution in [3.8, 4) is 0 Å². The van der Waals surface area contributed by atoms with Gasteiger partial charge in [-0.15, -0.1) is 0 Å². The zero-order valence-electron chi connectivity index (χ0n) is 9.39. The molecule has 1 nitrogen and oxygen atoms in total. The smallest absolute Gasteiger partial charge is 0.0438 e. The Morgan fingerprint density at radius 3 is 2.80 bits per heavy atom. The zero-order chi connectivity index (χ0) is 10.8. The first-order valence-corrected chi connectivity index (χ1v) is 6.06. The van der Waals surface area contributed by atoms with Gasteiger partial charge in [-0.25, -0.2) is 0 Å². The average Bonchev–Trinajstić information content (AvgIpc) is 2.22. The van der Waals surface area contributed by atoms with Crippen LogP contribution in [-0.2, 0) is 0 Å². The van der Waals surface area contributed by atoms with E-state index >= 15 is 0 Å². The van der Waals surface area contributed by atoms with Gasteiger partial charge >= 0.3 is 0 Å². The van der Waals surface area contributed by atoms with E-state index in [0.717, 1.165) is 10.6 Å². The van der Waals surface area contributed by atoms with Gasteiger partial charge < -0.3 is 5.32 Å². The van der Waals surface area contributed by atoms with E-state index in [9.17, 15) is 0 Å². The number of piperidine rings is 1. The normalized spacial score (nSPS) is 26.6. The van der Waals surface area contributed by atoms with Crippen LogP contribution in [0.4, 0.5) is 0 Å². The van der Waals surface area contributed by atoms with Gasteiger partial charge in [-0.05, 0) is 43.9 Å². The number of rotatable bonds is 1. The molecule has 15 heavy (non-hydrogen) atoms. The highest BCUT2D eigenvalue weighted by atomic mass is 35.5. The van der Waals surface area contributed by atoms with Gasteiger partial charge in [0.1, 0.15) is 0 Å². The molecular formula is C13H18ClN. The van der Waals surface area contributed by atoms with Crippen LogP contribution >= 0.6 is 11.6 Å². The van der Waals surface area contributed by atoms with E-state index in [4.69, 9.17) is 11.6 Å². The van der Waals surface area contributed by atoms with E-state index in [1.54, 1.807) is 0 Å². The highest BCUT2D eigenvalue weighted by molar-refractivity contribution is 6.31. The second-order valence-corrected chi connectivity index (χ2v) is 4.97. The summed E-state index contributed by atoms with van der Waals surface area (Å²) in [5.74, 6) is 0. The molecule has 1 heterocycles. The first-order valence-electron chi connectivity index (χ1n) is 5.69. The number of aryl methyl sites for hydroxylation is 1. The minimum Gasteiger partial charge on any atom is -0.307 e. The van der Waals surface area contributed by atoms with Crippen molar-refractivity contribution in [2.75, 3.05) is 0 Å². The maximum Gasteiger partial charge on any atom is 0.0438 e. The lowest BCUT2D eigenvalue weighted by atomic mass is 9.94. The summed E-state index contributed by atoms with van der Waals surface area (Å²) >= 11 is 6.14. The molecule has 0 radical (unpaired) electrons. The maximum atomic E-state index is 6.14. The standard InChI is InChI=1S/C13H18ClN/c1-9-6-7-11(8-12(9)14)13-5-3-4-10(2)15-13/h6-8,10,13,15H,3-5H2,1-2H3. The Bertz CT molecular complexity index is 348. The van der Waals surface area contributed by atoms with Gasteiger partial charge in [-0.1, -0.05) is 30.2 Å². The van der Waals surface area contributed by atoms with Crippen molar-refractivity contribution in [1.82, 2.24) is 5.32 Å². The summed E-state index contributed by atoms with van der Waals surface area (Å²) in [7, 11) is 0. The molecule has 0 amide bonds. The molecule has 1 aromatic carbocycles. The van der Waals surface area contributed by atoms with Crippen LogP contribution in [0.2, 0.25) is 5.02 Å². The summed E-state index contributed by atoms with van der Waals surface area (Å²) in [5, 5.41) is 4.50. The van der Waals surface area contributed by atoms with Crippen LogP contribution in [0.15, 0.2) is 18.2 Å². The molecule has 1 aliphatic heterocycles. The quantitative estimate of drug-likeness (QED) is 0.763.